The van der Waals surface area contributed by atoms with Gasteiger partial charge < -0.3 is 5.11 Å². The molecule has 80 valence electrons. The standard InChI is InChI=1S/C11H10BrNO.BrH/c1-6-5-9-8(10(12)11(6)14)4-3-7(2)13-9;/h3-5,14H,1-2H3;1H. The minimum atomic E-state index is 0. The SMILES string of the molecule is Br.Cc1ccc2c(Br)c(O)c(C)cc2n1. The zero-order valence-corrected chi connectivity index (χ0v) is 11.7. The van der Waals surface area contributed by atoms with Crippen LogP contribution in [-0.4, -0.2) is 10.1 Å². The average Bonchev–Trinajstić information content (AvgIpc) is 2.14. The molecule has 0 saturated heterocycles. The summed E-state index contributed by atoms with van der Waals surface area (Å²) in [6, 6.07) is 5.78. The van der Waals surface area contributed by atoms with Gasteiger partial charge in [-0.15, -0.1) is 17.0 Å². The largest absolute Gasteiger partial charge is 0.506 e. The Morgan fingerprint density at radius 2 is 1.93 bits per heavy atom. The molecule has 0 radical (unpaired) electrons. The fourth-order valence-corrected chi connectivity index (χ4v) is 2.09. The Morgan fingerprint density at radius 1 is 1.27 bits per heavy atom. The van der Waals surface area contributed by atoms with Gasteiger partial charge in [0.2, 0.25) is 0 Å². The molecule has 0 spiro atoms. The molecule has 15 heavy (non-hydrogen) atoms. The third kappa shape index (κ3) is 2.16. The maximum atomic E-state index is 9.70. The molecule has 1 aromatic heterocycles. The van der Waals surface area contributed by atoms with Crippen LogP contribution in [0.5, 0.6) is 5.75 Å². The zero-order chi connectivity index (χ0) is 10.3. The summed E-state index contributed by atoms with van der Waals surface area (Å²) in [5.74, 6) is 0.295. The summed E-state index contributed by atoms with van der Waals surface area (Å²) in [4.78, 5) is 4.40. The van der Waals surface area contributed by atoms with Gasteiger partial charge in [0.1, 0.15) is 5.75 Å². The van der Waals surface area contributed by atoms with E-state index >= 15 is 0 Å². The predicted molar refractivity (Wildman–Crippen MR) is 70.9 cm³/mol. The minimum Gasteiger partial charge on any atom is -0.506 e. The first-order valence-corrected chi connectivity index (χ1v) is 5.14. The van der Waals surface area contributed by atoms with Crippen molar-refractivity contribution >= 4 is 43.8 Å². The first-order chi connectivity index (χ1) is 6.59. The third-order valence-corrected chi connectivity index (χ3v) is 3.04. The third-order valence-electron chi connectivity index (χ3n) is 2.24. The molecule has 1 aromatic carbocycles. The summed E-state index contributed by atoms with van der Waals surface area (Å²) >= 11 is 3.37. The van der Waals surface area contributed by atoms with Crippen LogP contribution in [-0.2, 0) is 0 Å². The number of hydrogen-bond donors (Lipinski definition) is 1. The van der Waals surface area contributed by atoms with Crippen molar-refractivity contribution in [2.24, 2.45) is 0 Å². The van der Waals surface area contributed by atoms with Gasteiger partial charge in [0, 0.05) is 11.1 Å². The van der Waals surface area contributed by atoms with Crippen molar-refractivity contribution in [3.63, 3.8) is 0 Å². The van der Waals surface area contributed by atoms with Crippen molar-refractivity contribution in [2.45, 2.75) is 13.8 Å². The fraction of sp³-hybridized carbons (Fsp3) is 0.182. The van der Waals surface area contributed by atoms with Crippen LogP contribution in [0.1, 0.15) is 11.3 Å². The number of rotatable bonds is 0. The molecule has 0 aliphatic heterocycles. The van der Waals surface area contributed by atoms with Crippen molar-refractivity contribution < 1.29 is 5.11 Å². The number of phenols is 1. The molecule has 0 amide bonds. The zero-order valence-electron chi connectivity index (χ0n) is 8.41. The van der Waals surface area contributed by atoms with Crippen LogP contribution in [0.25, 0.3) is 10.9 Å². The molecule has 0 aliphatic carbocycles. The van der Waals surface area contributed by atoms with E-state index in [1.807, 2.05) is 32.0 Å². The van der Waals surface area contributed by atoms with Gasteiger partial charge in [-0.1, -0.05) is 0 Å². The summed E-state index contributed by atoms with van der Waals surface area (Å²) < 4.78 is 0.722. The number of phenolic OH excluding ortho intramolecular Hbond substituents is 1. The lowest BCUT2D eigenvalue weighted by Crippen LogP contribution is -1.86. The van der Waals surface area contributed by atoms with E-state index in [1.54, 1.807) is 0 Å². The van der Waals surface area contributed by atoms with Crippen LogP contribution in [0.2, 0.25) is 0 Å². The van der Waals surface area contributed by atoms with Gasteiger partial charge in [0.25, 0.3) is 0 Å². The van der Waals surface area contributed by atoms with Crippen LogP contribution in [0.4, 0.5) is 0 Å². The van der Waals surface area contributed by atoms with Crippen LogP contribution in [0, 0.1) is 13.8 Å². The number of aromatic hydroxyl groups is 1. The van der Waals surface area contributed by atoms with E-state index in [9.17, 15) is 5.11 Å². The second kappa shape index (κ2) is 4.49. The number of nitrogens with zero attached hydrogens (tertiary/aromatic N) is 1. The van der Waals surface area contributed by atoms with E-state index in [-0.39, 0.29) is 17.0 Å². The van der Waals surface area contributed by atoms with Crippen LogP contribution in [0.15, 0.2) is 22.7 Å². The van der Waals surface area contributed by atoms with Crippen molar-refractivity contribution in [2.75, 3.05) is 0 Å². The quantitative estimate of drug-likeness (QED) is 0.793. The molecule has 2 nitrogen and oxygen atoms in total. The maximum absolute atomic E-state index is 9.70. The monoisotopic (exact) mass is 331 g/mol. The van der Waals surface area contributed by atoms with Gasteiger partial charge in [-0.25, -0.2) is 0 Å². The molecule has 1 N–H and O–H groups in total. The summed E-state index contributed by atoms with van der Waals surface area (Å²) in [5, 5.41) is 10.6. The first-order valence-electron chi connectivity index (χ1n) is 4.35. The molecule has 0 unspecified atom stereocenters. The lowest BCUT2D eigenvalue weighted by atomic mass is 10.1. The fourth-order valence-electron chi connectivity index (χ4n) is 1.45. The molecular formula is C11H11Br2NO. The summed E-state index contributed by atoms with van der Waals surface area (Å²) in [7, 11) is 0. The Morgan fingerprint density at radius 3 is 2.60 bits per heavy atom. The number of benzene rings is 1. The molecule has 2 rings (SSSR count). The molecule has 4 heteroatoms. The van der Waals surface area contributed by atoms with Gasteiger partial charge in [-0.2, -0.15) is 0 Å². The molecule has 0 saturated carbocycles. The van der Waals surface area contributed by atoms with E-state index in [0.717, 1.165) is 26.6 Å². The Hall–Kier alpha value is -0.610. The smallest absolute Gasteiger partial charge is 0.133 e. The van der Waals surface area contributed by atoms with Crippen LogP contribution in [0.3, 0.4) is 0 Å². The van der Waals surface area contributed by atoms with Crippen molar-refractivity contribution in [3.05, 3.63) is 33.9 Å². The predicted octanol–water partition coefficient (Wildman–Crippen LogP) is 3.90. The van der Waals surface area contributed by atoms with E-state index in [1.165, 1.54) is 0 Å². The molecule has 0 fully saturated rings. The van der Waals surface area contributed by atoms with Gasteiger partial charge in [0.15, 0.2) is 0 Å². The number of hydrogen-bond acceptors (Lipinski definition) is 2. The lowest BCUT2D eigenvalue weighted by Gasteiger charge is -2.06. The molecular weight excluding hydrogens is 322 g/mol. The summed E-state index contributed by atoms with van der Waals surface area (Å²) in [6.45, 7) is 3.82. The molecule has 1 heterocycles. The Bertz CT molecular complexity index is 511. The normalized spacial score (nSPS) is 10.1. The van der Waals surface area contributed by atoms with Gasteiger partial charge >= 0.3 is 0 Å². The highest BCUT2D eigenvalue weighted by Gasteiger charge is 2.08. The second-order valence-electron chi connectivity index (χ2n) is 3.38. The molecule has 0 atom stereocenters. The highest BCUT2D eigenvalue weighted by atomic mass is 79.9. The van der Waals surface area contributed by atoms with Crippen molar-refractivity contribution in [1.29, 1.82) is 0 Å². The van der Waals surface area contributed by atoms with Crippen LogP contribution >= 0.6 is 32.9 Å². The maximum Gasteiger partial charge on any atom is 0.133 e. The highest BCUT2D eigenvalue weighted by molar-refractivity contribution is 9.10. The average molecular weight is 333 g/mol. The Labute approximate surface area is 107 Å². The Balaban J connectivity index is 0.00000112. The Kier molecular flexibility index (Phi) is 3.73. The van der Waals surface area contributed by atoms with Crippen molar-refractivity contribution in [1.82, 2.24) is 4.98 Å². The van der Waals surface area contributed by atoms with Crippen LogP contribution < -0.4 is 0 Å². The number of halogens is 2. The van der Waals surface area contributed by atoms with E-state index < -0.39 is 0 Å². The minimum absolute atomic E-state index is 0. The number of aromatic nitrogens is 1. The summed E-state index contributed by atoms with van der Waals surface area (Å²) in [5.41, 5.74) is 2.73. The second-order valence-corrected chi connectivity index (χ2v) is 4.17. The first kappa shape index (κ1) is 12.5. The van der Waals surface area contributed by atoms with Crippen molar-refractivity contribution in [3.8, 4) is 5.75 Å². The lowest BCUT2D eigenvalue weighted by molar-refractivity contribution is 0.468. The molecule has 0 aliphatic rings. The van der Waals surface area contributed by atoms with Gasteiger partial charge in [-0.05, 0) is 53.5 Å². The van der Waals surface area contributed by atoms with Gasteiger partial charge in [0.05, 0.1) is 9.99 Å². The van der Waals surface area contributed by atoms with E-state index in [4.69, 9.17) is 0 Å². The van der Waals surface area contributed by atoms with E-state index in [2.05, 4.69) is 20.9 Å². The highest BCUT2D eigenvalue weighted by Crippen LogP contribution is 2.34. The number of aryl methyl sites for hydroxylation is 2. The topological polar surface area (TPSA) is 33.1 Å². The number of fused-ring (bicyclic) bond motifs is 1. The molecule has 2 aromatic rings. The molecule has 0 bridgehead atoms. The van der Waals surface area contributed by atoms with Gasteiger partial charge in [-0.3, -0.25) is 4.98 Å². The number of pyridine rings is 1. The van der Waals surface area contributed by atoms with E-state index in [0.29, 0.717) is 5.75 Å². The summed E-state index contributed by atoms with van der Waals surface area (Å²) in [6.07, 6.45) is 0.